The van der Waals surface area contributed by atoms with Crippen LogP contribution in [0.15, 0.2) is 12.4 Å². The smallest absolute Gasteiger partial charge is 0.317 e. The van der Waals surface area contributed by atoms with E-state index in [0.29, 0.717) is 6.54 Å². The second-order valence-electron chi connectivity index (χ2n) is 5.06. The van der Waals surface area contributed by atoms with E-state index < -0.39 is 0 Å². The lowest BCUT2D eigenvalue weighted by Crippen LogP contribution is -2.46. The van der Waals surface area contributed by atoms with Gasteiger partial charge in [-0.3, -0.25) is 4.68 Å². The summed E-state index contributed by atoms with van der Waals surface area (Å²) in [7, 11) is 3.63. The summed E-state index contributed by atoms with van der Waals surface area (Å²) < 4.78 is 1.73. The maximum Gasteiger partial charge on any atom is 0.317 e. The number of carbonyl (C=O) groups is 1. The summed E-state index contributed by atoms with van der Waals surface area (Å²) in [6, 6.07) is -0.0728. The molecule has 0 aliphatic rings. The first kappa shape index (κ1) is 12.5. The summed E-state index contributed by atoms with van der Waals surface area (Å²) in [6.45, 7) is 6.45. The lowest BCUT2D eigenvalue weighted by molar-refractivity contribution is 0.197. The Morgan fingerprint density at radius 2 is 2.19 bits per heavy atom. The Balaban J connectivity index is 2.52. The van der Waals surface area contributed by atoms with Crippen molar-refractivity contribution < 1.29 is 4.79 Å². The van der Waals surface area contributed by atoms with Gasteiger partial charge in [-0.25, -0.2) is 4.79 Å². The molecule has 0 aromatic carbocycles. The van der Waals surface area contributed by atoms with E-state index in [2.05, 4.69) is 10.4 Å². The van der Waals surface area contributed by atoms with E-state index in [1.807, 2.05) is 34.0 Å². The SMILES string of the molecule is CN(Cc1cnn(C)c1)C(=O)NC(C)(C)C. The van der Waals surface area contributed by atoms with Gasteiger partial charge in [0.1, 0.15) is 0 Å². The largest absolute Gasteiger partial charge is 0.333 e. The third-order valence-electron chi connectivity index (χ3n) is 2.01. The number of aromatic nitrogens is 2. The minimum absolute atomic E-state index is 0.0728. The Hall–Kier alpha value is -1.52. The maximum atomic E-state index is 11.8. The van der Waals surface area contributed by atoms with E-state index in [0.717, 1.165) is 5.56 Å². The zero-order valence-corrected chi connectivity index (χ0v) is 10.6. The van der Waals surface area contributed by atoms with Crippen LogP contribution in [-0.4, -0.2) is 33.3 Å². The number of amides is 2. The Bertz CT molecular complexity index is 364. The van der Waals surface area contributed by atoms with Crippen molar-refractivity contribution in [1.29, 1.82) is 0 Å². The number of hydrogen-bond donors (Lipinski definition) is 1. The molecule has 2 amide bonds. The van der Waals surface area contributed by atoms with Gasteiger partial charge in [0.05, 0.1) is 12.7 Å². The molecule has 90 valence electrons. The number of rotatable bonds is 2. The summed E-state index contributed by atoms with van der Waals surface area (Å²) in [4.78, 5) is 13.4. The Morgan fingerprint density at radius 1 is 1.56 bits per heavy atom. The molecule has 1 rings (SSSR count). The van der Waals surface area contributed by atoms with Gasteiger partial charge < -0.3 is 10.2 Å². The Labute approximate surface area is 96.4 Å². The second-order valence-corrected chi connectivity index (χ2v) is 5.06. The first-order valence-corrected chi connectivity index (χ1v) is 5.29. The van der Waals surface area contributed by atoms with Gasteiger partial charge in [-0.2, -0.15) is 5.10 Å². The minimum Gasteiger partial charge on any atom is -0.333 e. The van der Waals surface area contributed by atoms with Crippen molar-refractivity contribution in [1.82, 2.24) is 20.0 Å². The molecule has 1 heterocycles. The van der Waals surface area contributed by atoms with Gasteiger partial charge in [0, 0.05) is 31.4 Å². The van der Waals surface area contributed by atoms with Crippen LogP contribution >= 0.6 is 0 Å². The lowest BCUT2D eigenvalue weighted by Gasteiger charge is -2.25. The average Bonchev–Trinajstić information content (AvgIpc) is 2.48. The highest BCUT2D eigenvalue weighted by Crippen LogP contribution is 2.04. The molecule has 0 saturated heterocycles. The molecular formula is C11H20N4O. The molecule has 0 atom stereocenters. The molecule has 16 heavy (non-hydrogen) atoms. The van der Waals surface area contributed by atoms with Gasteiger partial charge in [0.25, 0.3) is 0 Å². The van der Waals surface area contributed by atoms with E-state index in [1.54, 1.807) is 22.8 Å². The predicted octanol–water partition coefficient (Wildman–Crippen LogP) is 1.36. The average molecular weight is 224 g/mol. The third-order valence-corrected chi connectivity index (χ3v) is 2.01. The number of hydrogen-bond acceptors (Lipinski definition) is 2. The summed E-state index contributed by atoms with van der Waals surface area (Å²) >= 11 is 0. The maximum absolute atomic E-state index is 11.8. The van der Waals surface area contributed by atoms with Crippen LogP contribution < -0.4 is 5.32 Å². The van der Waals surface area contributed by atoms with E-state index in [9.17, 15) is 4.79 Å². The second kappa shape index (κ2) is 4.55. The van der Waals surface area contributed by atoms with E-state index in [1.165, 1.54) is 0 Å². The van der Waals surface area contributed by atoms with Gasteiger partial charge in [-0.15, -0.1) is 0 Å². The molecule has 1 N–H and O–H groups in total. The zero-order valence-electron chi connectivity index (χ0n) is 10.6. The van der Waals surface area contributed by atoms with Gasteiger partial charge in [0.2, 0.25) is 0 Å². The van der Waals surface area contributed by atoms with Crippen molar-refractivity contribution >= 4 is 6.03 Å². The Kier molecular flexibility index (Phi) is 3.57. The number of aryl methyl sites for hydroxylation is 1. The monoisotopic (exact) mass is 224 g/mol. The molecule has 1 aromatic rings. The van der Waals surface area contributed by atoms with E-state index in [-0.39, 0.29) is 11.6 Å². The fourth-order valence-corrected chi connectivity index (χ4v) is 1.32. The lowest BCUT2D eigenvalue weighted by atomic mass is 10.1. The van der Waals surface area contributed by atoms with Crippen molar-refractivity contribution in [2.24, 2.45) is 7.05 Å². The highest BCUT2D eigenvalue weighted by Gasteiger charge is 2.17. The number of urea groups is 1. The van der Waals surface area contributed by atoms with Gasteiger partial charge in [0.15, 0.2) is 0 Å². The van der Waals surface area contributed by atoms with Crippen molar-refractivity contribution in [2.45, 2.75) is 32.9 Å². The van der Waals surface area contributed by atoms with E-state index in [4.69, 9.17) is 0 Å². The zero-order chi connectivity index (χ0) is 12.3. The molecule has 0 radical (unpaired) electrons. The van der Waals surface area contributed by atoms with Crippen molar-refractivity contribution in [3.05, 3.63) is 18.0 Å². The summed E-state index contributed by atoms with van der Waals surface area (Å²) in [5, 5.41) is 6.97. The molecule has 0 fully saturated rings. The van der Waals surface area contributed by atoms with Gasteiger partial charge >= 0.3 is 6.03 Å². The van der Waals surface area contributed by atoms with Crippen LogP contribution in [0.25, 0.3) is 0 Å². The molecule has 0 spiro atoms. The highest BCUT2D eigenvalue weighted by atomic mass is 16.2. The molecule has 0 saturated carbocycles. The van der Waals surface area contributed by atoms with Crippen molar-refractivity contribution in [3.63, 3.8) is 0 Å². The van der Waals surface area contributed by atoms with Crippen LogP contribution in [0.1, 0.15) is 26.3 Å². The molecule has 1 aromatic heterocycles. The molecule has 0 unspecified atom stereocenters. The van der Waals surface area contributed by atoms with Crippen molar-refractivity contribution in [3.8, 4) is 0 Å². The van der Waals surface area contributed by atoms with Crippen LogP contribution in [-0.2, 0) is 13.6 Å². The standard InChI is InChI=1S/C11H20N4O/c1-11(2,3)13-10(16)14(4)7-9-6-12-15(5)8-9/h6,8H,7H2,1-5H3,(H,13,16). The minimum atomic E-state index is -0.208. The molecule has 0 aliphatic carbocycles. The third kappa shape index (κ3) is 3.92. The van der Waals surface area contributed by atoms with E-state index >= 15 is 0 Å². The molecule has 0 bridgehead atoms. The Morgan fingerprint density at radius 3 is 2.62 bits per heavy atom. The summed E-state index contributed by atoms with van der Waals surface area (Å²) in [5.74, 6) is 0. The quantitative estimate of drug-likeness (QED) is 0.824. The summed E-state index contributed by atoms with van der Waals surface area (Å²) in [5.41, 5.74) is 0.814. The number of nitrogens with zero attached hydrogens (tertiary/aromatic N) is 3. The molecular weight excluding hydrogens is 204 g/mol. The molecule has 5 nitrogen and oxygen atoms in total. The number of nitrogens with one attached hydrogen (secondary N) is 1. The topological polar surface area (TPSA) is 50.2 Å². The normalized spacial score (nSPS) is 11.3. The fourth-order valence-electron chi connectivity index (χ4n) is 1.32. The number of carbonyl (C=O) groups excluding carboxylic acids is 1. The molecule has 0 aliphatic heterocycles. The van der Waals surface area contributed by atoms with Crippen LogP contribution in [0.3, 0.4) is 0 Å². The fraction of sp³-hybridized carbons (Fsp3) is 0.636. The summed E-state index contributed by atoms with van der Waals surface area (Å²) in [6.07, 6.45) is 3.67. The van der Waals surface area contributed by atoms with Crippen LogP contribution in [0, 0.1) is 0 Å². The van der Waals surface area contributed by atoms with Crippen LogP contribution in [0.4, 0.5) is 4.79 Å². The van der Waals surface area contributed by atoms with Crippen LogP contribution in [0.2, 0.25) is 0 Å². The highest BCUT2D eigenvalue weighted by molar-refractivity contribution is 5.74. The van der Waals surface area contributed by atoms with Crippen LogP contribution in [0.5, 0.6) is 0 Å². The molecule has 5 heteroatoms. The van der Waals surface area contributed by atoms with Gasteiger partial charge in [-0.05, 0) is 20.8 Å². The first-order chi connectivity index (χ1) is 7.28. The predicted molar refractivity (Wildman–Crippen MR) is 63.0 cm³/mol. The van der Waals surface area contributed by atoms with Crippen molar-refractivity contribution in [2.75, 3.05) is 7.05 Å². The first-order valence-electron chi connectivity index (χ1n) is 5.29. The van der Waals surface area contributed by atoms with Gasteiger partial charge in [-0.1, -0.05) is 0 Å².